The van der Waals surface area contributed by atoms with E-state index in [0.29, 0.717) is 17.3 Å². The number of benzene rings is 1. The van der Waals surface area contributed by atoms with Crippen LogP contribution in [-0.4, -0.2) is 28.3 Å². The van der Waals surface area contributed by atoms with Crippen molar-refractivity contribution in [1.29, 1.82) is 0 Å². The maximum Gasteiger partial charge on any atom is 0.177 e. The highest BCUT2D eigenvalue weighted by atomic mass is 35.5. The summed E-state index contributed by atoms with van der Waals surface area (Å²) in [5.74, 6) is -0.670. The topological polar surface area (TPSA) is 67.9 Å². The number of nitrogens with zero attached hydrogens (tertiary/aromatic N) is 2. The molecule has 0 aliphatic carbocycles. The maximum atomic E-state index is 14.5. The number of H-pyrrole nitrogens is 1. The predicted molar refractivity (Wildman–Crippen MR) is 81.0 cm³/mol. The molecule has 0 fully saturated rings. The molecular weight excluding hydrogens is 309 g/mol. The standard InChI is InChI=1S/C15H11ClFN3O2/c1-7-5-9-11(6-21)19-14(20-15(9)18-7)8-3-4-10(16)13(22-2)12(8)17/h3-6H,1-2H3,(H,18,19,20). The fourth-order valence-electron chi connectivity index (χ4n) is 2.27. The first-order valence-electron chi connectivity index (χ1n) is 6.40. The number of aryl methyl sites for hydroxylation is 1. The molecule has 0 spiro atoms. The van der Waals surface area contributed by atoms with Crippen molar-refractivity contribution in [3.05, 3.63) is 40.4 Å². The lowest BCUT2D eigenvalue weighted by Crippen LogP contribution is -1.99. The van der Waals surface area contributed by atoms with Crippen molar-refractivity contribution in [1.82, 2.24) is 15.0 Å². The second-order valence-electron chi connectivity index (χ2n) is 4.71. The van der Waals surface area contributed by atoms with Crippen molar-refractivity contribution in [2.45, 2.75) is 6.92 Å². The zero-order chi connectivity index (χ0) is 15.9. The molecule has 0 unspecified atom stereocenters. The molecule has 0 saturated heterocycles. The van der Waals surface area contributed by atoms with Gasteiger partial charge in [-0.25, -0.2) is 14.4 Å². The van der Waals surface area contributed by atoms with E-state index >= 15 is 0 Å². The van der Waals surface area contributed by atoms with Gasteiger partial charge in [0.15, 0.2) is 23.7 Å². The third-order valence-electron chi connectivity index (χ3n) is 3.26. The van der Waals surface area contributed by atoms with E-state index in [2.05, 4.69) is 15.0 Å². The van der Waals surface area contributed by atoms with Crippen LogP contribution >= 0.6 is 11.6 Å². The lowest BCUT2D eigenvalue weighted by molar-refractivity contribution is 0.112. The van der Waals surface area contributed by atoms with E-state index in [1.54, 1.807) is 6.07 Å². The summed E-state index contributed by atoms with van der Waals surface area (Å²) in [7, 11) is 1.32. The molecule has 1 aromatic carbocycles. The van der Waals surface area contributed by atoms with E-state index in [4.69, 9.17) is 16.3 Å². The molecule has 0 amide bonds. The van der Waals surface area contributed by atoms with E-state index in [-0.39, 0.29) is 27.9 Å². The Kier molecular flexibility index (Phi) is 3.54. The second kappa shape index (κ2) is 5.38. The van der Waals surface area contributed by atoms with E-state index < -0.39 is 5.82 Å². The van der Waals surface area contributed by atoms with E-state index in [0.717, 1.165) is 5.69 Å². The van der Waals surface area contributed by atoms with Crippen LogP contribution in [0, 0.1) is 12.7 Å². The van der Waals surface area contributed by atoms with Gasteiger partial charge in [0.05, 0.1) is 17.7 Å². The fourth-order valence-corrected chi connectivity index (χ4v) is 2.49. The summed E-state index contributed by atoms with van der Waals surface area (Å²) >= 11 is 5.88. The zero-order valence-electron chi connectivity index (χ0n) is 11.8. The zero-order valence-corrected chi connectivity index (χ0v) is 12.5. The molecule has 0 bridgehead atoms. The molecule has 2 aromatic heterocycles. The van der Waals surface area contributed by atoms with Crippen LogP contribution in [0.15, 0.2) is 18.2 Å². The van der Waals surface area contributed by atoms with Gasteiger partial charge in [0.25, 0.3) is 0 Å². The van der Waals surface area contributed by atoms with Crippen LogP contribution in [0.3, 0.4) is 0 Å². The van der Waals surface area contributed by atoms with Crippen LogP contribution < -0.4 is 4.74 Å². The Morgan fingerprint density at radius 3 is 2.82 bits per heavy atom. The first-order valence-corrected chi connectivity index (χ1v) is 6.78. The van der Waals surface area contributed by atoms with Crippen molar-refractivity contribution < 1.29 is 13.9 Å². The number of nitrogens with one attached hydrogen (secondary N) is 1. The Morgan fingerprint density at radius 2 is 2.14 bits per heavy atom. The normalized spacial score (nSPS) is 10.9. The number of rotatable bonds is 3. The Bertz CT molecular complexity index is 892. The van der Waals surface area contributed by atoms with E-state index in [1.165, 1.54) is 19.2 Å². The van der Waals surface area contributed by atoms with Gasteiger partial charge in [0.2, 0.25) is 0 Å². The molecule has 112 valence electrons. The highest BCUT2D eigenvalue weighted by molar-refractivity contribution is 6.32. The number of ether oxygens (including phenoxy) is 1. The monoisotopic (exact) mass is 319 g/mol. The molecule has 3 aromatic rings. The molecule has 0 atom stereocenters. The largest absolute Gasteiger partial charge is 0.492 e. The van der Waals surface area contributed by atoms with Gasteiger partial charge < -0.3 is 9.72 Å². The average Bonchev–Trinajstić information content (AvgIpc) is 2.87. The van der Waals surface area contributed by atoms with Gasteiger partial charge in [-0.1, -0.05) is 11.6 Å². The minimum absolute atomic E-state index is 0.0850. The van der Waals surface area contributed by atoms with Crippen LogP contribution in [0.1, 0.15) is 16.2 Å². The molecule has 0 aliphatic heterocycles. The molecule has 2 heterocycles. The number of aldehydes is 1. The summed E-state index contributed by atoms with van der Waals surface area (Å²) in [6.07, 6.45) is 0.617. The number of aromatic amines is 1. The Balaban J connectivity index is 2.29. The first kappa shape index (κ1) is 14.5. The van der Waals surface area contributed by atoms with Gasteiger partial charge >= 0.3 is 0 Å². The minimum Gasteiger partial charge on any atom is -0.492 e. The SMILES string of the molecule is COc1c(Cl)ccc(-c2nc(C=O)c3cc(C)[nH]c3n2)c1F. The molecule has 0 aliphatic rings. The smallest absolute Gasteiger partial charge is 0.177 e. The van der Waals surface area contributed by atoms with Gasteiger partial charge in [-0.3, -0.25) is 4.79 Å². The molecule has 7 heteroatoms. The van der Waals surface area contributed by atoms with Crippen molar-refractivity contribution in [3.63, 3.8) is 0 Å². The van der Waals surface area contributed by atoms with Gasteiger partial charge in [-0.15, -0.1) is 0 Å². The second-order valence-corrected chi connectivity index (χ2v) is 5.11. The number of aromatic nitrogens is 3. The average molecular weight is 320 g/mol. The molecule has 0 radical (unpaired) electrons. The van der Waals surface area contributed by atoms with Gasteiger partial charge in [-0.05, 0) is 25.1 Å². The first-order chi connectivity index (χ1) is 10.5. The van der Waals surface area contributed by atoms with Crippen LogP contribution in [0.4, 0.5) is 4.39 Å². The van der Waals surface area contributed by atoms with Gasteiger partial charge in [-0.2, -0.15) is 0 Å². The number of carbonyl (C=O) groups excluding carboxylic acids is 1. The van der Waals surface area contributed by atoms with Crippen LogP contribution in [0.5, 0.6) is 5.75 Å². The number of hydrogen-bond acceptors (Lipinski definition) is 4. The Labute approximate surface area is 130 Å². The molecular formula is C15H11ClFN3O2. The van der Waals surface area contributed by atoms with E-state index in [1.807, 2.05) is 6.92 Å². The van der Waals surface area contributed by atoms with Crippen molar-refractivity contribution in [2.75, 3.05) is 7.11 Å². The fraction of sp³-hybridized carbons (Fsp3) is 0.133. The van der Waals surface area contributed by atoms with Gasteiger partial charge in [0, 0.05) is 11.1 Å². The highest BCUT2D eigenvalue weighted by Crippen LogP contribution is 2.34. The third-order valence-corrected chi connectivity index (χ3v) is 3.55. The molecule has 5 nitrogen and oxygen atoms in total. The summed E-state index contributed by atoms with van der Waals surface area (Å²) in [6, 6.07) is 4.71. The van der Waals surface area contributed by atoms with Crippen LogP contribution in [0.2, 0.25) is 5.02 Å². The van der Waals surface area contributed by atoms with Gasteiger partial charge in [0.1, 0.15) is 11.3 Å². The maximum absolute atomic E-state index is 14.5. The summed E-state index contributed by atoms with van der Waals surface area (Å²) < 4.78 is 19.4. The lowest BCUT2D eigenvalue weighted by atomic mass is 10.1. The van der Waals surface area contributed by atoms with Crippen LogP contribution in [0.25, 0.3) is 22.4 Å². The number of methoxy groups -OCH3 is 1. The summed E-state index contributed by atoms with van der Waals surface area (Å²) in [5.41, 5.74) is 1.60. The summed E-state index contributed by atoms with van der Waals surface area (Å²) in [5, 5.41) is 0.744. The molecule has 3 rings (SSSR count). The number of carbonyl (C=O) groups is 1. The predicted octanol–water partition coefficient (Wildman–Crippen LogP) is 3.55. The molecule has 22 heavy (non-hydrogen) atoms. The third kappa shape index (κ3) is 2.21. The molecule has 0 saturated carbocycles. The minimum atomic E-state index is -0.672. The number of hydrogen-bond donors (Lipinski definition) is 1. The van der Waals surface area contributed by atoms with E-state index in [9.17, 15) is 9.18 Å². The summed E-state index contributed by atoms with van der Waals surface area (Å²) in [6.45, 7) is 1.84. The van der Waals surface area contributed by atoms with Crippen molar-refractivity contribution in [3.8, 4) is 17.1 Å². The number of fused-ring (bicyclic) bond motifs is 1. The van der Waals surface area contributed by atoms with Crippen LogP contribution in [-0.2, 0) is 0 Å². The van der Waals surface area contributed by atoms with Crippen molar-refractivity contribution in [2.24, 2.45) is 0 Å². The number of halogens is 2. The Hall–Kier alpha value is -2.47. The molecule has 1 N–H and O–H groups in total. The Morgan fingerprint density at radius 1 is 1.36 bits per heavy atom. The quantitative estimate of drug-likeness (QED) is 0.750. The summed E-state index contributed by atoms with van der Waals surface area (Å²) in [4.78, 5) is 22.7. The highest BCUT2D eigenvalue weighted by Gasteiger charge is 2.18. The lowest BCUT2D eigenvalue weighted by Gasteiger charge is -2.09. The van der Waals surface area contributed by atoms with Crippen molar-refractivity contribution >= 4 is 28.9 Å².